The van der Waals surface area contributed by atoms with Crippen LogP contribution in [0.4, 0.5) is 23.8 Å². The van der Waals surface area contributed by atoms with E-state index in [2.05, 4.69) is 14.8 Å². The zero-order valence-corrected chi connectivity index (χ0v) is 11.4. The van der Waals surface area contributed by atoms with Gasteiger partial charge in [-0.1, -0.05) is 0 Å². The molecule has 0 bridgehead atoms. The lowest BCUT2D eigenvalue weighted by atomic mass is 10.1. The van der Waals surface area contributed by atoms with Crippen LogP contribution in [0.25, 0.3) is 0 Å². The van der Waals surface area contributed by atoms with Crippen LogP contribution in [0, 0.1) is 0 Å². The minimum atomic E-state index is -4.54. The molecule has 1 amide bonds. The summed E-state index contributed by atoms with van der Waals surface area (Å²) in [5, 5.41) is 3.67. The van der Waals surface area contributed by atoms with E-state index in [1.54, 1.807) is 6.92 Å². The van der Waals surface area contributed by atoms with Gasteiger partial charge in [-0.05, 0) is 13.0 Å². The standard InChI is InChI=1S/C12H13F3N4O2/c1-3-19(2)10-8(12(13,14)15)4-7(5-16-10)9-6-21-11(20)18-17-9/h4-5H,3,6H2,1-2H3,(H,18,20). The van der Waals surface area contributed by atoms with Gasteiger partial charge in [0, 0.05) is 25.4 Å². The number of hydrogen-bond donors (Lipinski definition) is 1. The van der Waals surface area contributed by atoms with Crippen molar-refractivity contribution < 1.29 is 22.7 Å². The molecule has 1 N–H and O–H groups in total. The van der Waals surface area contributed by atoms with Crippen molar-refractivity contribution in [3.05, 3.63) is 23.4 Å². The first-order valence-electron chi connectivity index (χ1n) is 6.11. The van der Waals surface area contributed by atoms with Gasteiger partial charge in [-0.2, -0.15) is 18.3 Å². The van der Waals surface area contributed by atoms with Crippen molar-refractivity contribution in [1.29, 1.82) is 0 Å². The van der Waals surface area contributed by atoms with Crippen LogP contribution in [0.3, 0.4) is 0 Å². The van der Waals surface area contributed by atoms with Gasteiger partial charge in [0.15, 0.2) is 0 Å². The average Bonchev–Trinajstić information content (AvgIpc) is 2.46. The van der Waals surface area contributed by atoms with E-state index in [0.717, 1.165) is 6.07 Å². The topological polar surface area (TPSA) is 66.8 Å². The van der Waals surface area contributed by atoms with E-state index in [-0.39, 0.29) is 23.7 Å². The summed E-state index contributed by atoms with van der Waals surface area (Å²) in [6, 6.07) is 0.953. The van der Waals surface area contributed by atoms with E-state index in [4.69, 9.17) is 0 Å². The van der Waals surface area contributed by atoms with Gasteiger partial charge in [0.05, 0.1) is 5.56 Å². The number of nitrogens with one attached hydrogen (secondary N) is 1. The number of halogens is 3. The lowest BCUT2D eigenvalue weighted by molar-refractivity contribution is -0.137. The lowest BCUT2D eigenvalue weighted by Crippen LogP contribution is -2.31. The first kappa shape index (κ1) is 15.1. The lowest BCUT2D eigenvalue weighted by Gasteiger charge is -2.22. The number of nitrogens with zero attached hydrogens (tertiary/aromatic N) is 3. The molecule has 0 aromatic carbocycles. The molecule has 1 aromatic heterocycles. The first-order valence-corrected chi connectivity index (χ1v) is 6.11. The number of aromatic nitrogens is 1. The van der Waals surface area contributed by atoms with Crippen LogP contribution in [-0.4, -0.2) is 37.0 Å². The summed E-state index contributed by atoms with van der Waals surface area (Å²) in [4.78, 5) is 16.1. The van der Waals surface area contributed by atoms with E-state index in [9.17, 15) is 18.0 Å². The summed E-state index contributed by atoms with van der Waals surface area (Å²) in [5.41, 5.74) is 1.51. The molecule has 2 heterocycles. The quantitative estimate of drug-likeness (QED) is 0.927. The van der Waals surface area contributed by atoms with Crippen LogP contribution in [0.5, 0.6) is 0 Å². The van der Waals surface area contributed by atoms with Gasteiger partial charge >= 0.3 is 12.3 Å². The third kappa shape index (κ3) is 3.23. The highest BCUT2D eigenvalue weighted by Gasteiger charge is 2.36. The number of hydrogen-bond acceptors (Lipinski definition) is 5. The molecular weight excluding hydrogens is 289 g/mol. The fourth-order valence-electron chi connectivity index (χ4n) is 1.74. The maximum absolute atomic E-state index is 13.1. The minimum Gasteiger partial charge on any atom is -0.442 e. The van der Waals surface area contributed by atoms with Gasteiger partial charge in [0.2, 0.25) is 0 Å². The molecule has 1 aliphatic rings. The molecule has 0 unspecified atom stereocenters. The number of cyclic esters (lactones) is 1. The third-order valence-electron chi connectivity index (χ3n) is 2.96. The fourth-order valence-corrected chi connectivity index (χ4v) is 1.74. The molecule has 21 heavy (non-hydrogen) atoms. The van der Waals surface area contributed by atoms with Gasteiger partial charge in [-0.3, -0.25) is 0 Å². The van der Waals surface area contributed by atoms with Crippen molar-refractivity contribution in [1.82, 2.24) is 10.4 Å². The maximum Gasteiger partial charge on any atom is 0.428 e. The number of ether oxygens (including phenoxy) is 1. The second-order valence-electron chi connectivity index (χ2n) is 4.35. The molecule has 0 saturated carbocycles. The van der Waals surface area contributed by atoms with Crippen molar-refractivity contribution in [3.8, 4) is 0 Å². The summed E-state index contributed by atoms with van der Waals surface area (Å²) in [6.07, 6.45) is -4.01. The maximum atomic E-state index is 13.1. The number of hydrazone groups is 1. The predicted octanol–water partition coefficient (Wildman–Crippen LogP) is 2.00. The van der Waals surface area contributed by atoms with E-state index in [0.29, 0.717) is 6.54 Å². The second-order valence-corrected chi connectivity index (χ2v) is 4.35. The van der Waals surface area contributed by atoms with Crippen molar-refractivity contribution >= 4 is 17.6 Å². The largest absolute Gasteiger partial charge is 0.442 e. The fraction of sp³-hybridized carbons (Fsp3) is 0.417. The van der Waals surface area contributed by atoms with Crippen molar-refractivity contribution in [2.75, 3.05) is 25.1 Å². The summed E-state index contributed by atoms with van der Waals surface area (Å²) in [7, 11) is 1.53. The number of amides is 1. The molecule has 0 saturated heterocycles. The summed E-state index contributed by atoms with van der Waals surface area (Å²) in [6.45, 7) is 1.91. The van der Waals surface area contributed by atoms with Gasteiger partial charge in [0.1, 0.15) is 18.1 Å². The Labute approximate surface area is 118 Å². The number of anilines is 1. The molecule has 0 radical (unpaired) electrons. The number of pyridine rings is 1. The highest BCUT2D eigenvalue weighted by Crippen LogP contribution is 2.35. The normalized spacial score (nSPS) is 15.1. The Kier molecular flexibility index (Phi) is 4.01. The zero-order valence-electron chi connectivity index (χ0n) is 11.4. The zero-order chi connectivity index (χ0) is 15.6. The second kappa shape index (κ2) is 5.58. The van der Waals surface area contributed by atoms with Gasteiger partial charge in [-0.15, -0.1) is 0 Å². The molecule has 2 rings (SSSR count). The predicted molar refractivity (Wildman–Crippen MR) is 69.2 cm³/mol. The summed E-state index contributed by atoms with van der Waals surface area (Å²) < 4.78 is 44.1. The Morgan fingerprint density at radius 2 is 2.19 bits per heavy atom. The molecular formula is C12H13F3N4O2. The van der Waals surface area contributed by atoms with Gasteiger partial charge < -0.3 is 9.64 Å². The van der Waals surface area contributed by atoms with Crippen molar-refractivity contribution in [2.24, 2.45) is 5.10 Å². The SMILES string of the molecule is CCN(C)c1ncc(C2=NNC(=O)OC2)cc1C(F)(F)F. The monoisotopic (exact) mass is 302 g/mol. The summed E-state index contributed by atoms with van der Waals surface area (Å²) in [5.74, 6) is -0.157. The molecule has 0 fully saturated rings. The van der Waals surface area contributed by atoms with Crippen LogP contribution in [0.15, 0.2) is 17.4 Å². The third-order valence-corrected chi connectivity index (χ3v) is 2.96. The van der Waals surface area contributed by atoms with Crippen LogP contribution in [0.1, 0.15) is 18.1 Å². The van der Waals surface area contributed by atoms with Crippen molar-refractivity contribution in [2.45, 2.75) is 13.1 Å². The number of carbonyl (C=O) groups excluding carboxylic acids is 1. The summed E-state index contributed by atoms with van der Waals surface area (Å²) >= 11 is 0. The van der Waals surface area contributed by atoms with Gasteiger partial charge in [-0.25, -0.2) is 15.2 Å². The minimum absolute atomic E-state index is 0.149. The molecule has 114 valence electrons. The highest BCUT2D eigenvalue weighted by molar-refractivity contribution is 6.03. The first-order chi connectivity index (χ1) is 9.82. The molecule has 1 aliphatic heterocycles. The van der Waals surface area contributed by atoms with E-state index in [1.165, 1.54) is 18.1 Å². The van der Waals surface area contributed by atoms with Gasteiger partial charge in [0.25, 0.3) is 0 Å². The molecule has 0 atom stereocenters. The molecule has 0 aliphatic carbocycles. The number of alkyl halides is 3. The van der Waals surface area contributed by atoms with Crippen LogP contribution in [-0.2, 0) is 10.9 Å². The number of carbonyl (C=O) groups is 1. The molecule has 1 aromatic rings. The Hall–Kier alpha value is -2.32. The highest BCUT2D eigenvalue weighted by atomic mass is 19.4. The molecule has 6 nitrogen and oxygen atoms in total. The Bertz CT molecular complexity index is 586. The Balaban J connectivity index is 2.45. The van der Waals surface area contributed by atoms with E-state index < -0.39 is 17.8 Å². The van der Waals surface area contributed by atoms with Crippen LogP contribution in [0.2, 0.25) is 0 Å². The van der Waals surface area contributed by atoms with Crippen LogP contribution >= 0.6 is 0 Å². The molecule has 9 heteroatoms. The number of rotatable bonds is 3. The smallest absolute Gasteiger partial charge is 0.428 e. The van der Waals surface area contributed by atoms with E-state index >= 15 is 0 Å². The van der Waals surface area contributed by atoms with E-state index in [1.807, 2.05) is 5.43 Å². The molecule has 0 spiro atoms. The van der Waals surface area contributed by atoms with Crippen molar-refractivity contribution in [3.63, 3.8) is 0 Å². The van der Waals surface area contributed by atoms with Crippen LogP contribution < -0.4 is 10.3 Å². The Morgan fingerprint density at radius 3 is 2.71 bits per heavy atom. The average molecular weight is 302 g/mol. The Morgan fingerprint density at radius 1 is 1.48 bits per heavy atom.